The average Bonchev–Trinajstić information content (AvgIpc) is 2.97. The predicted octanol–water partition coefficient (Wildman–Crippen LogP) is 1.36. The fourth-order valence-electron chi connectivity index (χ4n) is 2.95. The third-order valence-corrected chi connectivity index (χ3v) is 3.99. The second-order valence-corrected chi connectivity index (χ2v) is 4.86. The van der Waals surface area contributed by atoms with Crippen molar-refractivity contribution in [3.8, 4) is 0 Å². The monoisotopic (exact) mass is 217 g/mol. The number of amides is 1. The molecule has 0 radical (unpaired) electrons. The number of nitrogens with one attached hydrogen (secondary N) is 1. The second-order valence-electron chi connectivity index (χ2n) is 4.86. The lowest BCUT2D eigenvalue weighted by molar-refractivity contribution is -0.117. The summed E-state index contributed by atoms with van der Waals surface area (Å²) in [5, 5.41) is 2.66. The van der Waals surface area contributed by atoms with Crippen LogP contribution < -0.4 is 5.32 Å². The lowest BCUT2D eigenvalue weighted by atomic mass is 9.98. The average molecular weight is 217 g/mol. The van der Waals surface area contributed by atoms with Gasteiger partial charge in [0.1, 0.15) is 0 Å². The van der Waals surface area contributed by atoms with Crippen LogP contribution in [0, 0.1) is 11.8 Å². The first kappa shape index (κ1) is 9.82. The van der Waals surface area contributed by atoms with Gasteiger partial charge in [0.2, 0.25) is 5.91 Å². The molecule has 0 aliphatic heterocycles. The Kier molecular flexibility index (Phi) is 2.03. The number of ketones is 1. The molecule has 0 aromatic heterocycles. The summed E-state index contributed by atoms with van der Waals surface area (Å²) in [5.74, 6) is 1.13. The molecule has 2 atom stereocenters. The van der Waals surface area contributed by atoms with Crippen molar-refractivity contribution >= 4 is 11.7 Å². The van der Waals surface area contributed by atoms with Crippen molar-refractivity contribution in [2.45, 2.75) is 25.7 Å². The van der Waals surface area contributed by atoms with Gasteiger partial charge in [0.15, 0.2) is 5.78 Å². The molecule has 2 unspecified atom stereocenters. The topological polar surface area (TPSA) is 46.2 Å². The predicted molar refractivity (Wildman–Crippen MR) is 59.6 cm³/mol. The molecule has 1 amide bonds. The Morgan fingerprint density at radius 3 is 3.06 bits per heavy atom. The lowest BCUT2D eigenvalue weighted by Crippen LogP contribution is -2.20. The molecule has 0 bridgehead atoms. The smallest absolute Gasteiger partial charge is 0.247 e. The van der Waals surface area contributed by atoms with Gasteiger partial charge < -0.3 is 5.32 Å². The van der Waals surface area contributed by atoms with Crippen LogP contribution in [0.25, 0.3) is 0 Å². The molecule has 16 heavy (non-hydrogen) atoms. The Morgan fingerprint density at radius 2 is 2.31 bits per heavy atom. The van der Waals surface area contributed by atoms with E-state index in [1.54, 1.807) is 7.05 Å². The minimum Gasteiger partial charge on any atom is -0.355 e. The Balaban J connectivity index is 1.97. The number of carbonyl (C=O) groups is 2. The van der Waals surface area contributed by atoms with E-state index in [1.807, 2.05) is 6.08 Å². The molecule has 0 aromatic rings. The lowest BCUT2D eigenvalue weighted by Gasteiger charge is -2.07. The third-order valence-electron chi connectivity index (χ3n) is 3.99. The van der Waals surface area contributed by atoms with Gasteiger partial charge in [-0.3, -0.25) is 9.59 Å². The summed E-state index contributed by atoms with van der Waals surface area (Å²) in [6.07, 6.45) is 5.63. The van der Waals surface area contributed by atoms with Crippen LogP contribution in [0.3, 0.4) is 0 Å². The fraction of sp³-hybridized carbons (Fsp3) is 0.538. The summed E-state index contributed by atoms with van der Waals surface area (Å²) in [6, 6.07) is 0. The van der Waals surface area contributed by atoms with Gasteiger partial charge in [-0.1, -0.05) is 6.08 Å². The van der Waals surface area contributed by atoms with Crippen LogP contribution in [0.15, 0.2) is 22.8 Å². The van der Waals surface area contributed by atoms with E-state index in [0.717, 1.165) is 36.0 Å². The first-order chi connectivity index (χ1) is 7.72. The number of hydrogen-bond donors (Lipinski definition) is 1. The van der Waals surface area contributed by atoms with Crippen LogP contribution in [0.2, 0.25) is 0 Å². The Bertz CT molecular complexity index is 445. The van der Waals surface area contributed by atoms with Gasteiger partial charge in [-0.2, -0.15) is 0 Å². The Hall–Kier alpha value is -1.38. The van der Waals surface area contributed by atoms with Crippen molar-refractivity contribution in [2.75, 3.05) is 7.05 Å². The second kappa shape index (κ2) is 3.30. The highest BCUT2D eigenvalue weighted by Gasteiger charge is 2.47. The molecule has 3 aliphatic carbocycles. The van der Waals surface area contributed by atoms with Gasteiger partial charge in [-0.25, -0.2) is 0 Å². The first-order valence-electron chi connectivity index (χ1n) is 5.91. The molecule has 3 rings (SSSR count). The fourth-order valence-corrected chi connectivity index (χ4v) is 2.95. The van der Waals surface area contributed by atoms with E-state index in [9.17, 15) is 9.59 Å². The molecule has 3 nitrogen and oxygen atoms in total. The molecule has 1 N–H and O–H groups in total. The molecular formula is C13H15NO2. The van der Waals surface area contributed by atoms with E-state index >= 15 is 0 Å². The maximum atomic E-state index is 12.1. The highest BCUT2D eigenvalue weighted by atomic mass is 16.1. The van der Waals surface area contributed by atoms with Crippen molar-refractivity contribution in [1.82, 2.24) is 5.32 Å². The standard InChI is InChI=1S/C13H15NO2/c1-14-13(16)10-5-4-9-8(10)3-2-7-6-11(7)12(9)15/h4,7,11H,2-3,5-6H2,1H3,(H,14,16). The quantitative estimate of drug-likeness (QED) is 0.720. The molecule has 84 valence electrons. The number of rotatable bonds is 1. The van der Waals surface area contributed by atoms with Gasteiger partial charge in [-0.15, -0.1) is 0 Å². The molecule has 0 aromatic carbocycles. The highest BCUT2D eigenvalue weighted by Crippen LogP contribution is 2.50. The maximum absolute atomic E-state index is 12.1. The van der Waals surface area contributed by atoms with Crippen LogP contribution in [0.5, 0.6) is 0 Å². The molecular weight excluding hydrogens is 202 g/mol. The van der Waals surface area contributed by atoms with Crippen LogP contribution >= 0.6 is 0 Å². The zero-order valence-electron chi connectivity index (χ0n) is 9.38. The number of carbonyl (C=O) groups excluding carboxylic acids is 2. The number of likely N-dealkylation sites (N-methyl/N-ethyl adjacent to an activating group) is 1. The van der Waals surface area contributed by atoms with E-state index < -0.39 is 0 Å². The zero-order valence-corrected chi connectivity index (χ0v) is 9.38. The van der Waals surface area contributed by atoms with E-state index in [1.165, 1.54) is 0 Å². The van der Waals surface area contributed by atoms with E-state index in [2.05, 4.69) is 5.32 Å². The Labute approximate surface area is 94.6 Å². The van der Waals surface area contributed by atoms with Crippen LogP contribution in [0.4, 0.5) is 0 Å². The van der Waals surface area contributed by atoms with Crippen molar-refractivity contribution in [3.05, 3.63) is 22.8 Å². The molecule has 2 saturated carbocycles. The van der Waals surface area contributed by atoms with Gasteiger partial charge in [0.25, 0.3) is 0 Å². The summed E-state index contributed by atoms with van der Waals surface area (Å²) in [5.41, 5.74) is 2.69. The van der Waals surface area contributed by atoms with Crippen LogP contribution in [0.1, 0.15) is 25.7 Å². The number of fused-ring (bicyclic) bond motifs is 2. The molecule has 0 spiro atoms. The summed E-state index contributed by atoms with van der Waals surface area (Å²) in [7, 11) is 1.64. The summed E-state index contributed by atoms with van der Waals surface area (Å²) >= 11 is 0. The summed E-state index contributed by atoms with van der Waals surface area (Å²) in [4.78, 5) is 23.8. The van der Waals surface area contributed by atoms with E-state index in [4.69, 9.17) is 0 Å². The van der Waals surface area contributed by atoms with Crippen molar-refractivity contribution < 1.29 is 9.59 Å². The van der Waals surface area contributed by atoms with Crippen LogP contribution in [-0.2, 0) is 9.59 Å². The SMILES string of the molecule is CNC(=O)C1=C2CCC3CC3C(=O)C2=CC1. The van der Waals surface area contributed by atoms with E-state index in [-0.39, 0.29) is 17.6 Å². The maximum Gasteiger partial charge on any atom is 0.247 e. The van der Waals surface area contributed by atoms with Crippen molar-refractivity contribution in [2.24, 2.45) is 11.8 Å². The minimum absolute atomic E-state index is 0.0235. The summed E-state index contributed by atoms with van der Waals surface area (Å²) < 4.78 is 0. The number of hydrogen-bond acceptors (Lipinski definition) is 2. The summed E-state index contributed by atoms with van der Waals surface area (Å²) in [6.45, 7) is 0. The van der Waals surface area contributed by atoms with Crippen molar-refractivity contribution in [1.29, 1.82) is 0 Å². The Morgan fingerprint density at radius 1 is 1.50 bits per heavy atom. The minimum atomic E-state index is -0.0235. The first-order valence-corrected chi connectivity index (χ1v) is 5.91. The number of allylic oxidation sites excluding steroid dienone is 3. The van der Waals surface area contributed by atoms with Crippen LogP contribution in [-0.4, -0.2) is 18.7 Å². The molecule has 2 fully saturated rings. The molecule has 3 aliphatic rings. The number of Topliss-reactive ketones (excluding diaryl/α,β-unsaturated/α-hetero) is 1. The zero-order chi connectivity index (χ0) is 11.3. The van der Waals surface area contributed by atoms with Gasteiger partial charge in [-0.05, 0) is 37.2 Å². The van der Waals surface area contributed by atoms with E-state index in [0.29, 0.717) is 12.3 Å². The normalized spacial score (nSPS) is 31.6. The molecule has 0 heterocycles. The molecule has 0 saturated heterocycles. The highest BCUT2D eigenvalue weighted by molar-refractivity contribution is 6.08. The molecule has 3 heteroatoms. The van der Waals surface area contributed by atoms with Crippen molar-refractivity contribution in [3.63, 3.8) is 0 Å². The van der Waals surface area contributed by atoms with Gasteiger partial charge >= 0.3 is 0 Å². The third kappa shape index (κ3) is 1.27. The largest absolute Gasteiger partial charge is 0.355 e. The van der Waals surface area contributed by atoms with Gasteiger partial charge in [0, 0.05) is 24.1 Å². The van der Waals surface area contributed by atoms with Gasteiger partial charge in [0.05, 0.1) is 0 Å².